The lowest BCUT2D eigenvalue weighted by Gasteiger charge is -1.99. The fourth-order valence-corrected chi connectivity index (χ4v) is 1.22. The van der Waals surface area contributed by atoms with E-state index < -0.39 is 6.09 Å². The lowest BCUT2D eigenvalue weighted by molar-refractivity contribution is 0.152. The molecular formula is C10H10Cl2N2O2. The molecule has 0 spiro atoms. The Labute approximate surface area is 103 Å². The first-order chi connectivity index (χ1) is 7.63. The van der Waals surface area contributed by atoms with Crippen molar-refractivity contribution in [1.82, 2.24) is 5.43 Å². The summed E-state index contributed by atoms with van der Waals surface area (Å²) in [5.74, 6) is 0. The minimum Gasteiger partial charge on any atom is -0.449 e. The smallest absolute Gasteiger partial charge is 0.427 e. The maximum atomic E-state index is 10.9. The number of hydrazone groups is 1. The highest BCUT2D eigenvalue weighted by atomic mass is 35.5. The fraction of sp³-hybridized carbons (Fsp3) is 0.200. The van der Waals surface area contributed by atoms with Crippen molar-refractivity contribution in [2.45, 2.75) is 6.92 Å². The van der Waals surface area contributed by atoms with Crippen molar-refractivity contribution >= 4 is 35.5 Å². The van der Waals surface area contributed by atoms with Gasteiger partial charge in [0.25, 0.3) is 0 Å². The zero-order valence-electron chi connectivity index (χ0n) is 8.54. The molecule has 0 radical (unpaired) electrons. The third-order valence-electron chi connectivity index (χ3n) is 1.59. The van der Waals surface area contributed by atoms with E-state index in [-0.39, 0.29) is 0 Å². The van der Waals surface area contributed by atoms with Gasteiger partial charge in [-0.05, 0) is 24.6 Å². The van der Waals surface area contributed by atoms with Crippen LogP contribution in [0, 0.1) is 0 Å². The molecule has 0 saturated carbocycles. The first-order valence-corrected chi connectivity index (χ1v) is 5.30. The first-order valence-electron chi connectivity index (χ1n) is 4.54. The van der Waals surface area contributed by atoms with Gasteiger partial charge in [-0.15, -0.1) is 0 Å². The Kier molecular flexibility index (Phi) is 5.08. The number of nitrogens with one attached hydrogen (secondary N) is 1. The molecule has 4 nitrogen and oxygen atoms in total. The number of hydrogen-bond donors (Lipinski definition) is 1. The molecule has 1 aromatic carbocycles. The lowest BCUT2D eigenvalue weighted by Crippen LogP contribution is -2.18. The third kappa shape index (κ3) is 4.08. The second kappa shape index (κ2) is 6.35. The van der Waals surface area contributed by atoms with E-state index in [0.717, 1.165) is 5.56 Å². The van der Waals surface area contributed by atoms with E-state index in [1.54, 1.807) is 25.1 Å². The van der Waals surface area contributed by atoms with Gasteiger partial charge in [0.15, 0.2) is 0 Å². The van der Waals surface area contributed by atoms with Crippen LogP contribution in [0.1, 0.15) is 12.5 Å². The summed E-state index contributed by atoms with van der Waals surface area (Å²) >= 11 is 11.5. The Morgan fingerprint density at radius 1 is 1.50 bits per heavy atom. The predicted octanol–water partition coefficient (Wildman–Crippen LogP) is 3.07. The van der Waals surface area contributed by atoms with Crippen LogP contribution in [0.2, 0.25) is 10.0 Å². The number of halogens is 2. The molecular weight excluding hydrogens is 251 g/mol. The number of benzene rings is 1. The monoisotopic (exact) mass is 260 g/mol. The van der Waals surface area contributed by atoms with Crippen LogP contribution in [-0.4, -0.2) is 18.9 Å². The summed E-state index contributed by atoms with van der Waals surface area (Å²) in [4.78, 5) is 10.9. The van der Waals surface area contributed by atoms with Crippen LogP contribution in [0.3, 0.4) is 0 Å². The molecule has 86 valence electrons. The summed E-state index contributed by atoms with van der Waals surface area (Å²) in [6.45, 7) is 2.01. The van der Waals surface area contributed by atoms with Crippen LogP contribution in [0.25, 0.3) is 0 Å². The van der Waals surface area contributed by atoms with Crippen LogP contribution in [0.4, 0.5) is 4.79 Å². The van der Waals surface area contributed by atoms with Gasteiger partial charge in [-0.1, -0.05) is 29.3 Å². The highest BCUT2D eigenvalue weighted by Gasteiger charge is 1.98. The Morgan fingerprint density at radius 2 is 2.25 bits per heavy atom. The number of ether oxygens (including phenoxy) is 1. The number of carbonyl (C=O) groups excluding carboxylic acids is 1. The van der Waals surface area contributed by atoms with Crippen LogP contribution in [0.15, 0.2) is 23.3 Å². The number of amides is 1. The maximum absolute atomic E-state index is 10.9. The minimum atomic E-state index is -0.598. The van der Waals surface area contributed by atoms with Gasteiger partial charge in [0.1, 0.15) is 0 Å². The van der Waals surface area contributed by atoms with Crippen molar-refractivity contribution in [2.75, 3.05) is 6.61 Å². The lowest BCUT2D eigenvalue weighted by atomic mass is 10.2. The number of hydrogen-bond acceptors (Lipinski definition) is 3. The van der Waals surface area contributed by atoms with E-state index in [1.165, 1.54) is 6.21 Å². The van der Waals surface area contributed by atoms with Gasteiger partial charge in [0, 0.05) is 0 Å². The van der Waals surface area contributed by atoms with E-state index >= 15 is 0 Å². The SMILES string of the molecule is CCOC(=O)NN=Cc1ccc(Cl)c(Cl)c1. The molecule has 0 atom stereocenters. The zero-order valence-corrected chi connectivity index (χ0v) is 10.0. The van der Waals surface area contributed by atoms with Gasteiger partial charge in [-0.3, -0.25) is 0 Å². The Hall–Kier alpha value is -1.26. The zero-order chi connectivity index (χ0) is 12.0. The standard InChI is InChI=1S/C10H10Cl2N2O2/c1-2-16-10(15)14-13-6-7-3-4-8(11)9(12)5-7/h3-6H,2H2,1H3,(H,14,15). The number of rotatable bonds is 3. The summed E-state index contributed by atoms with van der Waals surface area (Å²) < 4.78 is 4.61. The molecule has 1 N–H and O–H groups in total. The van der Waals surface area contributed by atoms with Gasteiger partial charge in [-0.25, -0.2) is 10.2 Å². The van der Waals surface area contributed by atoms with Gasteiger partial charge in [0.05, 0.1) is 22.9 Å². The fourth-order valence-electron chi connectivity index (χ4n) is 0.916. The predicted molar refractivity (Wildman–Crippen MR) is 64.2 cm³/mol. The molecule has 0 heterocycles. The minimum absolute atomic E-state index is 0.300. The summed E-state index contributed by atoms with van der Waals surface area (Å²) in [6.07, 6.45) is 0.845. The molecule has 0 unspecified atom stereocenters. The molecule has 0 saturated heterocycles. The molecule has 0 fully saturated rings. The Morgan fingerprint density at radius 3 is 2.88 bits per heavy atom. The second-order valence-corrected chi connectivity index (χ2v) is 3.58. The maximum Gasteiger partial charge on any atom is 0.427 e. The van der Waals surface area contributed by atoms with Gasteiger partial charge >= 0.3 is 6.09 Å². The molecule has 0 bridgehead atoms. The highest BCUT2D eigenvalue weighted by Crippen LogP contribution is 2.21. The van der Waals surface area contributed by atoms with Crippen LogP contribution in [-0.2, 0) is 4.74 Å². The molecule has 16 heavy (non-hydrogen) atoms. The largest absolute Gasteiger partial charge is 0.449 e. The summed E-state index contributed by atoms with van der Waals surface area (Å²) in [7, 11) is 0. The Balaban J connectivity index is 2.56. The van der Waals surface area contributed by atoms with Crippen molar-refractivity contribution < 1.29 is 9.53 Å². The van der Waals surface area contributed by atoms with E-state index in [4.69, 9.17) is 23.2 Å². The van der Waals surface area contributed by atoms with Crippen molar-refractivity contribution in [3.8, 4) is 0 Å². The van der Waals surface area contributed by atoms with Crippen molar-refractivity contribution in [3.05, 3.63) is 33.8 Å². The average molecular weight is 261 g/mol. The van der Waals surface area contributed by atoms with Crippen molar-refractivity contribution in [3.63, 3.8) is 0 Å². The molecule has 0 aliphatic rings. The molecule has 6 heteroatoms. The summed E-state index contributed by atoms with van der Waals surface area (Å²) in [5.41, 5.74) is 2.93. The normalized spacial score (nSPS) is 10.4. The van der Waals surface area contributed by atoms with E-state index in [1.807, 2.05) is 0 Å². The van der Waals surface area contributed by atoms with Gasteiger partial charge < -0.3 is 4.74 Å². The van der Waals surface area contributed by atoms with Crippen molar-refractivity contribution in [1.29, 1.82) is 0 Å². The van der Waals surface area contributed by atoms with Gasteiger partial charge in [-0.2, -0.15) is 5.10 Å². The molecule has 1 aromatic rings. The molecule has 0 aromatic heterocycles. The highest BCUT2D eigenvalue weighted by molar-refractivity contribution is 6.42. The molecule has 0 aliphatic carbocycles. The van der Waals surface area contributed by atoms with Gasteiger partial charge in [0.2, 0.25) is 0 Å². The van der Waals surface area contributed by atoms with E-state index in [2.05, 4.69) is 15.3 Å². The average Bonchev–Trinajstić information content (AvgIpc) is 2.24. The molecule has 1 amide bonds. The van der Waals surface area contributed by atoms with Crippen LogP contribution >= 0.6 is 23.2 Å². The van der Waals surface area contributed by atoms with Crippen LogP contribution in [0.5, 0.6) is 0 Å². The summed E-state index contributed by atoms with van der Waals surface area (Å²) in [5, 5.41) is 4.58. The third-order valence-corrected chi connectivity index (χ3v) is 2.33. The second-order valence-electron chi connectivity index (χ2n) is 2.76. The molecule has 1 rings (SSSR count). The Bertz CT molecular complexity index is 408. The van der Waals surface area contributed by atoms with E-state index in [0.29, 0.717) is 16.7 Å². The van der Waals surface area contributed by atoms with E-state index in [9.17, 15) is 4.79 Å². The number of nitrogens with zero attached hydrogens (tertiary/aromatic N) is 1. The molecule has 0 aliphatic heterocycles. The van der Waals surface area contributed by atoms with Crippen LogP contribution < -0.4 is 5.43 Å². The topological polar surface area (TPSA) is 50.7 Å². The first kappa shape index (κ1) is 12.8. The number of carbonyl (C=O) groups is 1. The van der Waals surface area contributed by atoms with Crippen molar-refractivity contribution in [2.24, 2.45) is 5.10 Å². The summed E-state index contributed by atoms with van der Waals surface area (Å²) in [6, 6.07) is 5.01. The quantitative estimate of drug-likeness (QED) is 0.671.